The first kappa shape index (κ1) is 14.7. The maximum Gasteiger partial charge on any atom is 0.328 e. The van der Waals surface area contributed by atoms with Gasteiger partial charge in [0.25, 0.3) is 0 Å². The third-order valence-corrected chi connectivity index (χ3v) is 3.62. The molecule has 8 heteroatoms. The lowest BCUT2D eigenvalue weighted by Gasteiger charge is -2.29. The molecule has 20 heavy (non-hydrogen) atoms. The summed E-state index contributed by atoms with van der Waals surface area (Å²) >= 11 is 0. The van der Waals surface area contributed by atoms with Crippen LogP contribution in [0.4, 0.5) is 9.59 Å². The van der Waals surface area contributed by atoms with E-state index in [0.717, 1.165) is 0 Å². The maximum absolute atomic E-state index is 12.3. The van der Waals surface area contributed by atoms with Crippen LogP contribution >= 0.6 is 0 Å². The first-order chi connectivity index (χ1) is 9.62. The van der Waals surface area contributed by atoms with Crippen molar-refractivity contribution in [1.82, 2.24) is 19.6 Å². The Morgan fingerprint density at radius 1 is 1.20 bits per heavy atom. The molecule has 112 valence electrons. The average molecular weight is 284 g/mol. The van der Waals surface area contributed by atoms with Gasteiger partial charge in [-0.2, -0.15) is 0 Å². The molecule has 2 saturated heterocycles. The van der Waals surface area contributed by atoms with E-state index in [4.69, 9.17) is 9.84 Å². The highest BCUT2D eigenvalue weighted by Gasteiger charge is 2.58. The summed E-state index contributed by atoms with van der Waals surface area (Å²) in [5.74, 6) is 0. The van der Waals surface area contributed by atoms with Gasteiger partial charge >= 0.3 is 12.1 Å². The Hall–Kier alpha value is -1.67. The normalized spacial score (nSPS) is 25.9. The summed E-state index contributed by atoms with van der Waals surface area (Å²) in [6.07, 6.45) is -0.919. The van der Waals surface area contributed by atoms with Gasteiger partial charge in [0.2, 0.25) is 0 Å². The van der Waals surface area contributed by atoms with Gasteiger partial charge in [0.05, 0.1) is 13.5 Å². The predicted molar refractivity (Wildman–Crippen MR) is 70.0 cm³/mol. The molecule has 2 fully saturated rings. The van der Waals surface area contributed by atoms with Gasteiger partial charge in [-0.3, -0.25) is 14.7 Å². The van der Waals surface area contributed by atoms with Crippen LogP contribution in [0.25, 0.3) is 0 Å². The van der Waals surface area contributed by atoms with Gasteiger partial charge in [0.15, 0.2) is 12.7 Å². The van der Waals surface area contributed by atoms with Gasteiger partial charge in [-0.05, 0) is 0 Å². The summed E-state index contributed by atoms with van der Waals surface area (Å²) in [5, 5.41) is 9.13. The van der Waals surface area contributed by atoms with Crippen molar-refractivity contribution in [2.75, 3.05) is 40.1 Å². The first-order valence-electron chi connectivity index (χ1n) is 6.45. The third-order valence-electron chi connectivity index (χ3n) is 3.62. The molecule has 1 N–H and O–H groups in total. The Balaban J connectivity index is 2.37. The fourth-order valence-corrected chi connectivity index (χ4v) is 2.83. The quantitative estimate of drug-likeness (QED) is 0.659. The third kappa shape index (κ3) is 1.95. The lowest BCUT2D eigenvalue weighted by molar-refractivity contribution is 0.0373. The van der Waals surface area contributed by atoms with Crippen molar-refractivity contribution in [3.8, 4) is 0 Å². The van der Waals surface area contributed by atoms with Gasteiger partial charge < -0.3 is 21.7 Å². The molecule has 0 aliphatic carbocycles. The number of aliphatic hydroxyl groups excluding tert-OH is 1. The number of hydrogen-bond acceptors (Lipinski definition) is 4. The second-order valence-electron chi connectivity index (χ2n) is 4.58. The maximum atomic E-state index is 12.3. The molecule has 2 atom stereocenters. The summed E-state index contributed by atoms with van der Waals surface area (Å²) < 4.78 is 5.05. The Kier molecular flexibility index (Phi) is 4.24. The Bertz CT molecular complexity index is 356. The van der Waals surface area contributed by atoms with Crippen LogP contribution in [0.2, 0.25) is 0 Å². The van der Waals surface area contributed by atoms with Crippen LogP contribution in [0.1, 0.15) is 0 Å². The number of aliphatic hydroxyl groups is 1. The first-order valence-corrected chi connectivity index (χ1v) is 6.45. The molecular weight excluding hydrogens is 264 g/mol. The minimum atomic E-state index is -0.462. The number of ether oxygens (including phenoxy) is 1. The Morgan fingerprint density at radius 3 is 2.30 bits per heavy atom. The smallest absolute Gasteiger partial charge is 0.328 e. The fourth-order valence-electron chi connectivity index (χ4n) is 2.83. The van der Waals surface area contributed by atoms with E-state index in [-0.39, 0.29) is 45.0 Å². The van der Waals surface area contributed by atoms with Crippen LogP contribution in [-0.2, 0) is 4.74 Å². The summed E-state index contributed by atoms with van der Waals surface area (Å²) in [5.41, 5.74) is 0. The Labute approximate surface area is 118 Å². The highest BCUT2D eigenvalue weighted by Crippen LogP contribution is 2.34. The molecule has 4 amide bonds. The SMILES string of the molecule is [CH2+]CN1C(=O)N(COC)C2C1N(CCO)C(=O)N2C[CH2-]. The van der Waals surface area contributed by atoms with Crippen LogP contribution in [0.15, 0.2) is 0 Å². The van der Waals surface area contributed by atoms with Crippen molar-refractivity contribution >= 4 is 12.1 Å². The monoisotopic (exact) mass is 284 g/mol. The molecule has 0 spiro atoms. The molecule has 2 rings (SSSR count). The van der Waals surface area contributed by atoms with Crippen molar-refractivity contribution in [3.63, 3.8) is 0 Å². The fraction of sp³-hybridized carbons (Fsp3) is 0.667. The number of hydrogen-bond donors (Lipinski definition) is 1. The van der Waals surface area contributed by atoms with Gasteiger partial charge in [-0.15, -0.1) is 6.54 Å². The number of rotatable bonds is 6. The molecule has 0 aromatic carbocycles. The van der Waals surface area contributed by atoms with Crippen molar-refractivity contribution in [1.29, 1.82) is 0 Å². The van der Waals surface area contributed by atoms with E-state index < -0.39 is 12.3 Å². The van der Waals surface area contributed by atoms with Crippen molar-refractivity contribution < 1.29 is 19.4 Å². The van der Waals surface area contributed by atoms with Gasteiger partial charge in [0, 0.05) is 13.7 Å². The second kappa shape index (κ2) is 5.76. The lowest BCUT2D eigenvalue weighted by atomic mass is 10.3. The van der Waals surface area contributed by atoms with Crippen LogP contribution in [0, 0.1) is 13.8 Å². The topological polar surface area (TPSA) is 76.6 Å². The van der Waals surface area contributed by atoms with E-state index in [2.05, 4.69) is 13.8 Å². The number of amides is 4. The molecule has 2 unspecified atom stereocenters. The van der Waals surface area contributed by atoms with Gasteiger partial charge in [-0.1, -0.05) is 0 Å². The number of carbonyl (C=O) groups excluding carboxylic acids is 2. The molecular formula is C12H20N4O4. The zero-order chi connectivity index (χ0) is 14.9. The van der Waals surface area contributed by atoms with Crippen molar-refractivity contribution in [2.45, 2.75) is 12.3 Å². The van der Waals surface area contributed by atoms with Crippen LogP contribution < -0.4 is 0 Å². The van der Waals surface area contributed by atoms with E-state index in [0.29, 0.717) is 0 Å². The summed E-state index contributed by atoms with van der Waals surface area (Å²) in [4.78, 5) is 30.7. The van der Waals surface area contributed by atoms with Crippen LogP contribution in [0.5, 0.6) is 0 Å². The van der Waals surface area contributed by atoms with E-state index in [1.54, 1.807) is 0 Å². The molecule has 0 radical (unpaired) electrons. The number of methoxy groups -OCH3 is 1. The average Bonchev–Trinajstić information content (AvgIpc) is 2.85. The summed E-state index contributed by atoms with van der Waals surface area (Å²) in [6, 6.07) is -0.471. The van der Waals surface area contributed by atoms with E-state index in [9.17, 15) is 9.59 Å². The van der Waals surface area contributed by atoms with Gasteiger partial charge in [0.1, 0.15) is 12.9 Å². The lowest BCUT2D eigenvalue weighted by Crippen LogP contribution is -2.47. The van der Waals surface area contributed by atoms with Crippen molar-refractivity contribution in [2.24, 2.45) is 0 Å². The minimum absolute atomic E-state index is 0.0905. The Morgan fingerprint density at radius 2 is 1.80 bits per heavy atom. The highest BCUT2D eigenvalue weighted by molar-refractivity contribution is 5.85. The highest BCUT2D eigenvalue weighted by atomic mass is 16.5. The number of urea groups is 2. The largest absolute Gasteiger partial charge is 0.395 e. The number of β-amino-alcohol motifs (C(OH)–C–C–N with tert-alkyl or cyclic N) is 1. The number of nitrogens with zero attached hydrogens (tertiary/aromatic N) is 4. The molecule has 2 aliphatic heterocycles. The predicted octanol–water partition coefficient (Wildman–Crippen LogP) is -0.622. The van der Waals surface area contributed by atoms with E-state index in [1.807, 2.05) is 0 Å². The zero-order valence-electron chi connectivity index (χ0n) is 11.6. The van der Waals surface area contributed by atoms with Crippen LogP contribution in [-0.4, -0.2) is 89.2 Å². The molecule has 8 nitrogen and oxygen atoms in total. The van der Waals surface area contributed by atoms with Crippen LogP contribution in [0.3, 0.4) is 0 Å². The molecule has 0 bridgehead atoms. The molecule has 2 heterocycles. The van der Waals surface area contributed by atoms with E-state index in [1.165, 1.54) is 26.7 Å². The van der Waals surface area contributed by atoms with Crippen molar-refractivity contribution in [3.05, 3.63) is 13.8 Å². The standard InChI is InChI=1S/C12H20N4O4/c1-4-13-9-10(16(8-20-3)12(13)19)14(5-2)11(18)15(9)6-7-17/h9-10,17H,1-2,4-8H2,3H3. The molecule has 0 saturated carbocycles. The second-order valence-corrected chi connectivity index (χ2v) is 4.58. The minimum Gasteiger partial charge on any atom is -0.395 e. The molecule has 0 aromatic heterocycles. The zero-order valence-corrected chi connectivity index (χ0v) is 11.6. The van der Waals surface area contributed by atoms with E-state index >= 15 is 0 Å². The number of carbonyl (C=O) groups is 2. The van der Waals surface area contributed by atoms with Gasteiger partial charge in [-0.25, -0.2) is 9.59 Å². The number of fused-ring (bicyclic) bond motifs is 1. The summed E-state index contributed by atoms with van der Waals surface area (Å²) in [6.45, 7) is 8.06. The molecule has 0 aromatic rings. The molecule has 2 aliphatic rings. The summed E-state index contributed by atoms with van der Waals surface area (Å²) in [7, 11) is 1.49.